The van der Waals surface area contributed by atoms with Gasteiger partial charge in [-0.3, -0.25) is 19.3 Å². The zero-order chi connectivity index (χ0) is 21.8. The molecule has 0 fully saturated rings. The van der Waals surface area contributed by atoms with E-state index in [4.69, 9.17) is 9.47 Å². The second kappa shape index (κ2) is 8.98. The van der Waals surface area contributed by atoms with Crippen LogP contribution in [0.4, 0.5) is 0 Å². The Morgan fingerprint density at radius 1 is 0.967 bits per heavy atom. The van der Waals surface area contributed by atoms with Crippen molar-refractivity contribution < 1.29 is 23.9 Å². The van der Waals surface area contributed by atoms with Gasteiger partial charge in [-0.25, -0.2) is 0 Å². The molecule has 0 unspecified atom stereocenters. The molecule has 3 rings (SSSR count). The number of rotatable bonds is 8. The minimum atomic E-state index is -0.381. The first-order valence-corrected chi connectivity index (χ1v) is 9.85. The Hall–Kier alpha value is -3.35. The van der Waals surface area contributed by atoms with Crippen LogP contribution in [0.15, 0.2) is 36.4 Å². The molecule has 0 aromatic heterocycles. The lowest BCUT2D eigenvalue weighted by molar-refractivity contribution is 0.0656. The van der Waals surface area contributed by atoms with Gasteiger partial charge >= 0.3 is 0 Å². The predicted molar refractivity (Wildman–Crippen MR) is 112 cm³/mol. The molecule has 0 radical (unpaired) electrons. The number of ether oxygens (including phenoxy) is 2. The molecule has 0 saturated carbocycles. The molecule has 7 heteroatoms. The molecule has 30 heavy (non-hydrogen) atoms. The highest BCUT2D eigenvalue weighted by Crippen LogP contribution is 2.29. The molecule has 0 saturated heterocycles. The fourth-order valence-corrected chi connectivity index (χ4v) is 3.31. The van der Waals surface area contributed by atoms with Crippen molar-refractivity contribution in [1.82, 2.24) is 10.2 Å². The standard InChI is InChI=1S/C23H26N2O5/c1-14(2)13-24-21(26)16-6-7-17-18(12-16)23(28)25(22(17)27)10-9-15-5-8-19(29-3)20(11-15)30-4/h5-8,11-12,14H,9-10,13H2,1-4H3,(H,24,26). The first-order valence-electron chi connectivity index (χ1n) is 9.85. The summed E-state index contributed by atoms with van der Waals surface area (Å²) in [7, 11) is 3.12. The molecule has 0 bridgehead atoms. The summed E-state index contributed by atoms with van der Waals surface area (Å²) in [6.45, 7) is 4.78. The number of amides is 3. The number of benzene rings is 2. The second-order valence-corrected chi connectivity index (χ2v) is 7.57. The maximum absolute atomic E-state index is 12.8. The zero-order valence-electron chi connectivity index (χ0n) is 17.7. The van der Waals surface area contributed by atoms with E-state index in [0.717, 1.165) is 5.56 Å². The highest BCUT2D eigenvalue weighted by molar-refractivity contribution is 6.22. The number of methoxy groups -OCH3 is 2. The van der Waals surface area contributed by atoms with Crippen LogP contribution >= 0.6 is 0 Å². The summed E-state index contributed by atoms with van der Waals surface area (Å²) in [4.78, 5) is 39.0. The van der Waals surface area contributed by atoms with Crippen molar-refractivity contribution in [3.05, 3.63) is 58.7 Å². The molecule has 7 nitrogen and oxygen atoms in total. The molecule has 1 aliphatic rings. The van der Waals surface area contributed by atoms with Gasteiger partial charge in [0.1, 0.15) is 0 Å². The normalized spacial score (nSPS) is 12.9. The van der Waals surface area contributed by atoms with Gasteiger partial charge in [-0.05, 0) is 48.2 Å². The van der Waals surface area contributed by atoms with Crippen molar-refractivity contribution in [3.63, 3.8) is 0 Å². The van der Waals surface area contributed by atoms with Crippen molar-refractivity contribution in [2.75, 3.05) is 27.3 Å². The summed E-state index contributed by atoms with van der Waals surface area (Å²) < 4.78 is 10.5. The van der Waals surface area contributed by atoms with Gasteiger partial charge < -0.3 is 14.8 Å². The number of nitrogens with zero attached hydrogens (tertiary/aromatic N) is 1. The van der Waals surface area contributed by atoms with Crippen LogP contribution in [0.3, 0.4) is 0 Å². The number of hydrogen-bond acceptors (Lipinski definition) is 5. The van der Waals surface area contributed by atoms with E-state index in [1.807, 2.05) is 26.0 Å². The molecule has 1 N–H and O–H groups in total. The molecule has 2 aromatic carbocycles. The molecule has 0 aliphatic carbocycles. The smallest absolute Gasteiger partial charge is 0.261 e. The molecular formula is C23H26N2O5. The van der Waals surface area contributed by atoms with Crippen molar-refractivity contribution in [2.24, 2.45) is 5.92 Å². The van der Waals surface area contributed by atoms with Crippen LogP contribution in [-0.4, -0.2) is 49.9 Å². The first-order chi connectivity index (χ1) is 14.3. The molecule has 2 aromatic rings. The summed E-state index contributed by atoms with van der Waals surface area (Å²) in [6.07, 6.45) is 0.480. The van der Waals surface area contributed by atoms with E-state index in [9.17, 15) is 14.4 Å². The summed E-state index contributed by atoms with van der Waals surface area (Å²) >= 11 is 0. The molecule has 3 amide bonds. The Labute approximate surface area is 176 Å². The van der Waals surface area contributed by atoms with E-state index >= 15 is 0 Å². The monoisotopic (exact) mass is 410 g/mol. The second-order valence-electron chi connectivity index (χ2n) is 7.57. The SMILES string of the molecule is COc1ccc(CCN2C(=O)c3ccc(C(=O)NCC(C)C)cc3C2=O)cc1OC. The lowest BCUT2D eigenvalue weighted by atomic mass is 10.1. The summed E-state index contributed by atoms with van der Waals surface area (Å²) in [6, 6.07) is 10.1. The fourth-order valence-electron chi connectivity index (χ4n) is 3.31. The number of fused-ring (bicyclic) bond motifs is 1. The lowest BCUT2D eigenvalue weighted by Crippen LogP contribution is -2.31. The van der Waals surface area contributed by atoms with Gasteiger partial charge in [-0.15, -0.1) is 0 Å². The Bertz CT molecular complexity index is 984. The third kappa shape index (κ3) is 4.30. The Morgan fingerprint density at radius 3 is 2.33 bits per heavy atom. The van der Waals surface area contributed by atoms with Gasteiger partial charge in [0.25, 0.3) is 17.7 Å². The van der Waals surface area contributed by atoms with Crippen LogP contribution in [0, 0.1) is 5.92 Å². The Kier molecular flexibility index (Phi) is 6.40. The van der Waals surface area contributed by atoms with E-state index in [1.165, 1.54) is 11.0 Å². The van der Waals surface area contributed by atoms with Crippen LogP contribution < -0.4 is 14.8 Å². The molecule has 1 heterocycles. The topological polar surface area (TPSA) is 84.9 Å². The molecule has 1 aliphatic heterocycles. The van der Waals surface area contributed by atoms with E-state index in [1.54, 1.807) is 32.4 Å². The van der Waals surface area contributed by atoms with Crippen LogP contribution in [0.5, 0.6) is 11.5 Å². The van der Waals surface area contributed by atoms with Gasteiger partial charge in [0.2, 0.25) is 0 Å². The summed E-state index contributed by atoms with van der Waals surface area (Å²) in [5.74, 6) is 0.549. The third-order valence-electron chi connectivity index (χ3n) is 4.98. The molecule has 0 atom stereocenters. The van der Waals surface area contributed by atoms with E-state index in [-0.39, 0.29) is 29.8 Å². The Balaban J connectivity index is 1.73. The highest BCUT2D eigenvalue weighted by atomic mass is 16.5. The van der Waals surface area contributed by atoms with Gasteiger partial charge in [0.05, 0.1) is 25.3 Å². The van der Waals surface area contributed by atoms with Gasteiger partial charge in [-0.2, -0.15) is 0 Å². The van der Waals surface area contributed by atoms with Crippen molar-refractivity contribution in [2.45, 2.75) is 20.3 Å². The van der Waals surface area contributed by atoms with E-state index < -0.39 is 0 Å². The van der Waals surface area contributed by atoms with Crippen LogP contribution in [0.25, 0.3) is 0 Å². The van der Waals surface area contributed by atoms with Crippen molar-refractivity contribution in [3.8, 4) is 11.5 Å². The Morgan fingerprint density at radius 2 is 1.67 bits per heavy atom. The maximum Gasteiger partial charge on any atom is 0.261 e. The number of imide groups is 1. The molecule has 158 valence electrons. The third-order valence-corrected chi connectivity index (χ3v) is 4.98. The quantitative estimate of drug-likeness (QED) is 0.677. The molecule has 0 spiro atoms. The number of hydrogen-bond donors (Lipinski definition) is 1. The first kappa shape index (κ1) is 21.4. The lowest BCUT2D eigenvalue weighted by Gasteiger charge is -2.14. The van der Waals surface area contributed by atoms with Crippen LogP contribution in [0.1, 0.15) is 50.5 Å². The fraction of sp³-hybridized carbons (Fsp3) is 0.348. The van der Waals surface area contributed by atoms with Gasteiger partial charge in [0, 0.05) is 18.7 Å². The minimum absolute atomic E-state index is 0.233. The minimum Gasteiger partial charge on any atom is -0.493 e. The molecular weight excluding hydrogens is 384 g/mol. The number of nitrogens with one attached hydrogen (secondary N) is 1. The highest BCUT2D eigenvalue weighted by Gasteiger charge is 2.35. The van der Waals surface area contributed by atoms with Gasteiger partial charge in [-0.1, -0.05) is 19.9 Å². The number of carbonyl (C=O) groups is 3. The van der Waals surface area contributed by atoms with Crippen molar-refractivity contribution >= 4 is 17.7 Å². The number of carbonyl (C=O) groups excluding carboxylic acids is 3. The van der Waals surface area contributed by atoms with Crippen LogP contribution in [0.2, 0.25) is 0 Å². The van der Waals surface area contributed by atoms with Gasteiger partial charge in [0.15, 0.2) is 11.5 Å². The van der Waals surface area contributed by atoms with Crippen molar-refractivity contribution in [1.29, 1.82) is 0 Å². The predicted octanol–water partition coefficient (Wildman–Crippen LogP) is 2.93. The van der Waals surface area contributed by atoms with Crippen LogP contribution in [-0.2, 0) is 6.42 Å². The maximum atomic E-state index is 12.8. The average molecular weight is 410 g/mol. The van der Waals surface area contributed by atoms with E-state index in [0.29, 0.717) is 41.5 Å². The summed E-state index contributed by atoms with van der Waals surface area (Å²) in [5.41, 5.74) is 1.88. The largest absolute Gasteiger partial charge is 0.493 e. The summed E-state index contributed by atoms with van der Waals surface area (Å²) in [5, 5.41) is 2.82. The average Bonchev–Trinajstić information content (AvgIpc) is 2.99. The van der Waals surface area contributed by atoms with E-state index in [2.05, 4.69) is 5.32 Å². The zero-order valence-corrected chi connectivity index (χ0v) is 17.7.